The minimum absolute atomic E-state index is 0.0538. The Balaban J connectivity index is 1.89. The third-order valence-electron chi connectivity index (χ3n) is 5.69. The first-order valence-electron chi connectivity index (χ1n) is 10.6. The second kappa shape index (κ2) is 8.76. The Morgan fingerprint density at radius 1 is 1.12 bits per heavy atom. The molecular formula is C26H25ClN2O3S. The maximum Gasteiger partial charge on any atom is 0.338 e. The van der Waals surface area contributed by atoms with Gasteiger partial charge in [-0.2, -0.15) is 0 Å². The van der Waals surface area contributed by atoms with Crippen molar-refractivity contribution in [1.82, 2.24) is 4.57 Å². The highest BCUT2D eigenvalue weighted by atomic mass is 35.5. The topological polar surface area (TPSA) is 60.7 Å². The highest BCUT2D eigenvalue weighted by molar-refractivity contribution is 7.07. The average Bonchev–Trinajstić information content (AvgIpc) is 3.07. The molecule has 0 radical (unpaired) electrons. The Kier molecular flexibility index (Phi) is 6.16. The predicted octanol–water partition coefficient (Wildman–Crippen LogP) is 4.36. The number of fused-ring (bicyclic) bond motifs is 1. The molecule has 7 heteroatoms. The summed E-state index contributed by atoms with van der Waals surface area (Å²) in [6.07, 6.45) is 1.87. The summed E-state index contributed by atoms with van der Waals surface area (Å²) in [7, 11) is 1.33. The van der Waals surface area contributed by atoms with Gasteiger partial charge in [0.05, 0.1) is 29.0 Å². The number of hydrogen-bond acceptors (Lipinski definition) is 5. The summed E-state index contributed by atoms with van der Waals surface area (Å²) < 4.78 is 7.15. The van der Waals surface area contributed by atoms with Crippen LogP contribution in [0.1, 0.15) is 50.4 Å². The van der Waals surface area contributed by atoms with Gasteiger partial charge in [-0.15, -0.1) is 0 Å². The monoisotopic (exact) mass is 480 g/mol. The molecule has 1 atom stereocenters. The second-order valence-corrected chi connectivity index (χ2v) is 10.4. The molecular weight excluding hydrogens is 456 g/mol. The van der Waals surface area contributed by atoms with Crippen LogP contribution in [0.4, 0.5) is 0 Å². The first kappa shape index (κ1) is 23.2. The van der Waals surface area contributed by atoms with Crippen LogP contribution in [0, 0.1) is 0 Å². The van der Waals surface area contributed by atoms with Crippen LogP contribution in [-0.4, -0.2) is 17.6 Å². The van der Waals surface area contributed by atoms with E-state index in [1.165, 1.54) is 24.0 Å². The lowest BCUT2D eigenvalue weighted by Crippen LogP contribution is -2.39. The lowest BCUT2D eigenvalue weighted by Gasteiger charge is -2.24. The van der Waals surface area contributed by atoms with Gasteiger partial charge in [0, 0.05) is 5.02 Å². The maximum atomic E-state index is 13.5. The number of carbonyl (C=O) groups is 1. The lowest BCUT2D eigenvalue weighted by atomic mass is 9.87. The van der Waals surface area contributed by atoms with Crippen molar-refractivity contribution in [3.8, 4) is 0 Å². The van der Waals surface area contributed by atoms with Gasteiger partial charge in [0.25, 0.3) is 5.56 Å². The van der Waals surface area contributed by atoms with Crippen molar-refractivity contribution < 1.29 is 9.53 Å². The fraction of sp³-hybridized carbons (Fsp3) is 0.269. The maximum absolute atomic E-state index is 13.5. The number of ether oxygens (including phenoxy) is 1. The quantitative estimate of drug-likeness (QED) is 0.523. The van der Waals surface area contributed by atoms with Crippen molar-refractivity contribution in [3.05, 3.63) is 101 Å². The first-order valence-corrected chi connectivity index (χ1v) is 11.8. The summed E-state index contributed by atoms with van der Waals surface area (Å²) in [5.41, 5.74) is 3.64. The molecule has 0 saturated carbocycles. The Bertz CT molecular complexity index is 1420. The summed E-state index contributed by atoms with van der Waals surface area (Å²) in [6, 6.07) is 14.7. The zero-order chi connectivity index (χ0) is 23.9. The van der Waals surface area contributed by atoms with E-state index in [9.17, 15) is 9.59 Å². The van der Waals surface area contributed by atoms with Crippen molar-refractivity contribution in [2.24, 2.45) is 4.99 Å². The van der Waals surface area contributed by atoms with Gasteiger partial charge in [0.15, 0.2) is 4.80 Å². The summed E-state index contributed by atoms with van der Waals surface area (Å²) in [4.78, 5) is 31.3. The molecule has 0 spiro atoms. The smallest absolute Gasteiger partial charge is 0.338 e. The number of hydrogen-bond donors (Lipinski definition) is 0. The standard InChI is InChI=1S/C26H25ClN2O3S/c1-15-21(24(31)32-5)22(17-8-12-19(27)13-9-17)29-23(30)20(33-25(29)28-15)14-16-6-10-18(11-7-16)26(2,3)4/h6-14,22H,1-5H3/b20-14+. The Labute approximate surface area is 201 Å². The van der Waals surface area contributed by atoms with Gasteiger partial charge in [-0.25, -0.2) is 9.79 Å². The van der Waals surface area contributed by atoms with E-state index in [0.29, 0.717) is 25.6 Å². The molecule has 3 aromatic rings. The van der Waals surface area contributed by atoms with Gasteiger partial charge in [-0.3, -0.25) is 9.36 Å². The summed E-state index contributed by atoms with van der Waals surface area (Å²) >= 11 is 7.39. The minimum atomic E-state index is -0.642. The lowest BCUT2D eigenvalue weighted by molar-refractivity contribution is -0.136. The molecule has 2 aromatic carbocycles. The van der Waals surface area contributed by atoms with Crippen LogP contribution in [-0.2, 0) is 14.9 Å². The second-order valence-electron chi connectivity index (χ2n) is 9.00. The SMILES string of the molecule is COC(=O)C1=C(C)N=c2s/c(=C/c3ccc(C(C)(C)C)cc3)c(=O)n2C1c1ccc(Cl)cc1. The molecule has 1 aliphatic heterocycles. The molecule has 1 unspecified atom stereocenters. The Morgan fingerprint density at radius 2 is 1.76 bits per heavy atom. The normalized spacial score (nSPS) is 16.4. The minimum Gasteiger partial charge on any atom is -0.466 e. The van der Waals surface area contributed by atoms with Gasteiger partial charge in [-0.1, -0.05) is 80.1 Å². The molecule has 170 valence electrons. The zero-order valence-corrected chi connectivity index (χ0v) is 20.8. The van der Waals surface area contributed by atoms with Gasteiger partial charge >= 0.3 is 5.97 Å². The highest BCUT2D eigenvalue weighted by Gasteiger charge is 2.33. The van der Waals surface area contributed by atoms with E-state index in [1.807, 2.05) is 30.3 Å². The summed E-state index contributed by atoms with van der Waals surface area (Å²) in [6.45, 7) is 8.26. The molecule has 0 aliphatic carbocycles. The van der Waals surface area contributed by atoms with Crippen LogP contribution in [0.2, 0.25) is 5.02 Å². The van der Waals surface area contributed by atoms with Crippen LogP contribution in [0.3, 0.4) is 0 Å². The fourth-order valence-electron chi connectivity index (χ4n) is 3.88. The number of benzene rings is 2. The predicted molar refractivity (Wildman–Crippen MR) is 132 cm³/mol. The third-order valence-corrected chi connectivity index (χ3v) is 6.92. The van der Waals surface area contributed by atoms with Crippen LogP contribution >= 0.6 is 22.9 Å². The number of halogens is 1. The van der Waals surface area contributed by atoms with Crippen LogP contribution in [0.25, 0.3) is 6.08 Å². The van der Waals surface area contributed by atoms with Crippen molar-refractivity contribution >= 4 is 35.0 Å². The molecule has 5 nitrogen and oxygen atoms in total. The van der Waals surface area contributed by atoms with Crippen molar-refractivity contribution in [2.45, 2.75) is 39.2 Å². The number of allylic oxidation sites excluding steroid dienone is 1. The largest absolute Gasteiger partial charge is 0.466 e. The summed E-state index contributed by atoms with van der Waals surface area (Å²) in [5, 5.41) is 0.574. The summed E-state index contributed by atoms with van der Waals surface area (Å²) in [5.74, 6) is -0.511. The third kappa shape index (κ3) is 4.45. The van der Waals surface area contributed by atoms with Crippen molar-refractivity contribution in [1.29, 1.82) is 0 Å². The molecule has 2 heterocycles. The van der Waals surface area contributed by atoms with E-state index >= 15 is 0 Å². The van der Waals surface area contributed by atoms with Gasteiger partial charge in [0.1, 0.15) is 0 Å². The zero-order valence-electron chi connectivity index (χ0n) is 19.2. The van der Waals surface area contributed by atoms with Crippen molar-refractivity contribution in [3.63, 3.8) is 0 Å². The molecule has 0 bridgehead atoms. The number of methoxy groups -OCH3 is 1. The first-order chi connectivity index (χ1) is 15.6. The number of carbonyl (C=O) groups excluding carboxylic acids is 1. The van der Waals surface area contributed by atoms with E-state index in [1.54, 1.807) is 23.6 Å². The average molecular weight is 481 g/mol. The number of esters is 1. The van der Waals surface area contributed by atoms with E-state index in [4.69, 9.17) is 16.3 Å². The molecule has 33 heavy (non-hydrogen) atoms. The fourth-order valence-corrected chi connectivity index (χ4v) is 5.06. The van der Waals surface area contributed by atoms with E-state index in [2.05, 4.69) is 37.9 Å². The van der Waals surface area contributed by atoms with Crippen LogP contribution < -0.4 is 14.9 Å². The van der Waals surface area contributed by atoms with Crippen molar-refractivity contribution in [2.75, 3.05) is 7.11 Å². The van der Waals surface area contributed by atoms with E-state index in [-0.39, 0.29) is 11.0 Å². The van der Waals surface area contributed by atoms with Crippen LogP contribution in [0.5, 0.6) is 0 Å². The highest BCUT2D eigenvalue weighted by Crippen LogP contribution is 2.31. The van der Waals surface area contributed by atoms with Gasteiger partial charge in [-0.05, 0) is 47.2 Å². The van der Waals surface area contributed by atoms with Gasteiger partial charge < -0.3 is 4.74 Å². The van der Waals surface area contributed by atoms with E-state index < -0.39 is 12.0 Å². The molecule has 1 aliphatic rings. The number of thiazole rings is 1. The molecule has 0 saturated heterocycles. The molecule has 0 amide bonds. The molecule has 0 N–H and O–H groups in total. The molecule has 0 fully saturated rings. The van der Waals surface area contributed by atoms with E-state index in [0.717, 1.165) is 11.1 Å². The van der Waals surface area contributed by atoms with Gasteiger partial charge in [0.2, 0.25) is 0 Å². The molecule has 1 aromatic heterocycles. The Morgan fingerprint density at radius 3 is 2.33 bits per heavy atom. The van der Waals surface area contributed by atoms with Crippen LogP contribution in [0.15, 0.2) is 69.6 Å². The number of aromatic nitrogens is 1. The molecule has 4 rings (SSSR count). The Hall–Kier alpha value is -2.96. The number of nitrogens with zero attached hydrogens (tertiary/aromatic N) is 2. The number of rotatable bonds is 3.